The van der Waals surface area contributed by atoms with Crippen LogP contribution in [0.4, 0.5) is 0 Å². The maximum atomic E-state index is 11.6. The molecule has 0 radical (unpaired) electrons. The van der Waals surface area contributed by atoms with Gasteiger partial charge in [0.15, 0.2) is 0 Å². The third kappa shape index (κ3) is 1.85. The molecule has 0 saturated carbocycles. The maximum absolute atomic E-state index is 11.6. The summed E-state index contributed by atoms with van der Waals surface area (Å²) in [5, 5.41) is 2.62. The Labute approximate surface area is 108 Å². The van der Waals surface area contributed by atoms with Gasteiger partial charge in [-0.3, -0.25) is 9.13 Å². The van der Waals surface area contributed by atoms with Gasteiger partial charge < -0.3 is 24.9 Å². The highest BCUT2D eigenvalue weighted by molar-refractivity contribution is 7.84. The van der Waals surface area contributed by atoms with E-state index in [2.05, 4.69) is 17.9 Å². The van der Waals surface area contributed by atoms with Crippen molar-refractivity contribution in [2.75, 3.05) is 6.54 Å². The topological polar surface area (TPSA) is 127 Å². The molecule has 2 aliphatic rings. The number of allylic oxidation sites excluding steroid dienone is 4. The maximum Gasteiger partial charge on any atom is 0.353 e. The second-order valence-corrected chi connectivity index (χ2v) is 8.48. The normalized spacial score (nSPS) is 22.6. The zero-order chi connectivity index (χ0) is 13.8. The van der Waals surface area contributed by atoms with Gasteiger partial charge in [0.25, 0.3) is 0 Å². The van der Waals surface area contributed by atoms with E-state index in [1.165, 1.54) is 12.2 Å². The first-order chi connectivity index (χ1) is 8.09. The first-order valence-electron chi connectivity index (χ1n) is 4.78. The van der Waals surface area contributed by atoms with Crippen molar-refractivity contribution in [1.29, 1.82) is 0 Å². The van der Waals surface area contributed by atoms with Crippen LogP contribution in [0.15, 0.2) is 34.4 Å². The Kier molecular flexibility index (Phi) is 3.19. The van der Waals surface area contributed by atoms with E-state index in [4.69, 9.17) is 0 Å². The molecule has 0 fully saturated rings. The number of hydrogen-bond acceptors (Lipinski definition) is 4. The summed E-state index contributed by atoms with van der Waals surface area (Å²) in [4.78, 5) is 35.4. The summed E-state index contributed by atoms with van der Waals surface area (Å²) in [6.45, 7) is 0.158. The number of rotatable bonds is 2. The van der Waals surface area contributed by atoms with E-state index in [-0.39, 0.29) is 12.2 Å². The van der Waals surface area contributed by atoms with Crippen molar-refractivity contribution in [2.45, 2.75) is 4.90 Å². The van der Waals surface area contributed by atoms with Crippen LogP contribution in [-0.2, 0) is 9.13 Å². The van der Waals surface area contributed by atoms with Gasteiger partial charge in [-0.1, -0.05) is 6.08 Å². The lowest BCUT2D eigenvalue weighted by atomic mass is 10.2. The fourth-order valence-corrected chi connectivity index (χ4v) is 5.11. The Bertz CT molecular complexity index is 560. The van der Waals surface area contributed by atoms with E-state index in [9.17, 15) is 28.7 Å². The van der Waals surface area contributed by atoms with E-state index in [1.54, 1.807) is 0 Å². The molecule has 0 amide bonds. The van der Waals surface area contributed by atoms with Gasteiger partial charge in [0.2, 0.25) is 4.90 Å². The predicted octanol–water partition coefficient (Wildman–Crippen LogP) is 0.279. The van der Waals surface area contributed by atoms with Crippen LogP contribution < -0.4 is 5.32 Å². The highest BCUT2D eigenvalue weighted by Gasteiger charge is 2.63. The lowest BCUT2D eigenvalue weighted by molar-refractivity contribution is 0.328. The molecule has 100 valence electrons. The smallest absolute Gasteiger partial charge is 0.353 e. The minimum absolute atomic E-state index is 0.151. The predicted molar refractivity (Wildman–Crippen MR) is 68.1 cm³/mol. The van der Waals surface area contributed by atoms with Crippen LogP contribution in [0.3, 0.4) is 0 Å². The van der Waals surface area contributed by atoms with Crippen LogP contribution in [0.5, 0.6) is 0 Å². The number of thiol groups is 1. The zero-order valence-electron chi connectivity index (χ0n) is 8.89. The molecule has 5 N–H and O–H groups in total. The summed E-state index contributed by atoms with van der Waals surface area (Å²) in [5.74, 6) is 0. The van der Waals surface area contributed by atoms with Gasteiger partial charge in [0, 0.05) is 11.4 Å². The fraction of sp³-hybridized carbons (Fsp3) is 0.250. The molecule has 0 bridgehead atoms. The molecule has 2 rings (SSSR count). The van der Waals surface area contributed by atoms with Gasteiger partial charge >= 0.3 is 15.2 Å². The molecule has 0 spiro atoms. The van der Waals surface area contributed by atoms with E-state index < -0.39 is 20.1 Å². The minimum atomic E-state index is -5.10. The summed E-state index contributed by atoms with van der Waals surface area (Å²) in [7, 11) is -10.2. The van der Waals surface area contributed by atoms with Crippen LogP contribution in [0, 0.1) is 0 Å². The molecule has 1 heterocycles. The number of nitrogens with one attached hydrogen (secondary N) is 1. The van der Waals surface area contributed by atoms with Crippen LogP contribution >= 0.6 is 27.8 Å². The number of dihydropyridines is 1. The highest BCUT2D eigenvalue weighted by atomic mass is 32.1. The van der Waals surface area contributed by atoms with Gasteiger partial charge in [0.05, 0.1) is 5.70 Å². The molecular formula is C8H11NO6P2S. The van der Waals surface area contributed by atoms with Crippen molar-refractivity contribution in [3.8, 4) is 0 Å². The lowest BCUT2D eigenvalue weighted by Gasteiger charge is -2.33. The van der Waals surface area contributed by atoms with Crippen molar-refractivity contribution in [1.82, 2.24) is 5.32 Å². The minimum Gasteiger partial charge on any atom is -0.381 e. The summed E-state index contributed by atoms with van der Waals surface area (Å²) >= 11 is 4.09. The summed E-state index contributed by atoms with van der Waals surface area (Å²) in [5.41, 5.74) is 0.167. The average molecular weight is 311 g/mol. The Morgan fingerprint density at radius 3 is 2.28 bits per heavy atom. The fourth-order valence-electron chi connectivity index (χ4n) is 2.00. The van der Waals surface area contributed by atoms with E-state index >= 15 is 0 Å². The molecule has 0 aromatic carbocycles. The van der Waals surface area contributed by atoms with E-state index in [1.807, 2.05) is 0 Å². The molecule has 0 aromatic rings. The van der Waals surface area contributed by atoms with Crippen LogP contribution in [-0.4, -0.2) is 31.0 Å². The van der Waals surface area contributed by atoms with Gasteiger partial charge in [-0.15, -0.1) is 12.6 Å². The molecule has 0 unspecified atom stereocenters. The van der Waals surface area contributed by atoms with Crippen molar-refractivity contribution in [2.24, 2.45) is 0 Å². The van der Waals surface area contributed by atoms with Gasteiger partial charge in [0.1, 0.15) is 0 Å². The lowest BCUT2D eigenvalue weighted by Crippen LogP contribution is -2.36. The Balaban J connectivity index is 2.72. The molecule has 1 aliphatic carbocycles. The quantitative estimate of drug-likeness (QED) is 0.319. The van der Waals surface area contributed by atoms with Crippen LogP contribution in [0.2, 0.25) is 0 Å². The first kappa shape index (κ1) is 14.1. The van der Waals surface area contributed by atoms with E-state index in [0.717, 1.165) is 6.08 Å². The largest absolute Gasteiger partial charge is 0.381 e. The van der Waals surface area contributed by atoms with Crippen molar-refractivity contribution in [3.05, 3.63) is 34.4 Å². The summed E-state index contributed by atoms with van der Waals surface area (Å²) in [6, 6.07) is 0. The second-order valence-electron chi connectivity index (χ2n) is 3.97. The highest BCUT2D eigenvalue weighted by Crippen LogP contribution is 2.74. The average Bonchev–Trinajstić information content (AvgIpc) is 2.54. The third-order valence-electron chi connectivity index (χ3n) is 2.81. The molecule has 1 aliphatic heterocycles. The molecule has 0 saturated heterocycles. The van der Waals surface area contributed by atoms with Gasteiger partial charge in [-0.25, -0.2) is 0 Å². The van der Waals surface area contributed by atoms with E-state index in [0.29, 0.717) is 10.5 Å². The van der Waals surface area contributed by atoms with Crippen LogP contribution in [0.1, 0.15) is 0 Å². The third-order valence-corrected chi connectivity index (χ3v) is 7.18. The number of hydrogen-bond donors (Lipinski definition) is 6. The molecule has 10 heteroatoms. The molecule has 18 heavy (non-hydrogen) atoms. The molecular weight excluding hydrogens is 300 g/mol. The van der Waals surface area contributed by atoms with Crippen LogP contribution in [0.25, 0.3) is 0 Å². The van der Waals surface area contributed by atoms with Crippen molar-refractivity contribution < 1.29 is 28.7 Å². The molecule has 7 nitrogen and oxygen atoms in total. The van der Waals surface area contributed by atoms with Crippen molar-refractivity contribution in [3.63, 3.8) is 0 Å². The van der Waals surface area contributed by atoms with Gasteiger partial charge in [-0.2, -0.15) is 0 Å². The van der Waals surface area contributed by atoms with Gasteiger partial charge in [-0.05, 0) is 17.7 Å². The monoisotopic (exact) mass is 311 g/mol. The second kappa shape index (κ2) is 4.08. The zero-order valence-corrected chi connectivity index (χ0v) is 11.6. The van der Waals surface area contributed by atoms with Crippen molar-refractivity contribution >= 4 is 27.8 Å². The first-order valence-corrected chi connectivity index (χ1v) is 8.45. The Hall–Kier alpha value is -0.330. The SMILES string of the molecule is O=P(O)(O)C1(P(=O)(O)O)C=CC2=C1NCC(S)=C2. The summed E-state index contributed by atoms with van der Waals surface area (Å²) in [6.07, 6.45) is 3.66. The summed E-state index contributed by atoms with van der Waals surface area (Å²) < 4.78 is 23.2. The Morgan fingerprint density at radius 2 is 1.78 bits per heavy atom. The Morgan fingerprint density at radius 1 is 1.22 bits per heavy atom. The molecule has 0 aromatic heterocycles. The standard InChI is InChI=1S/C8H11NO6P2S/c10-16(11,12)8(17(13,14)15)2-1-5-3-6(18)4-9-7(5)8/h1-3,9,18H,4H2,(H2,10,11,12)(H2,13,14,15). The molecule has 0 atom stereocenters.